The first-order valence-corrected chi connectivity index (χ1v) is 6.59. The van der Waals surface area contributed by atoms with Crippen molar-refractivity contribution in [1.82, 2.24) is 4.90 Å². The Bertz CT molecular complexity index is 377. The Kier molecular flexibility index (Phi) is 6.28. The van der Waals surface area contributed by atoms with Crippen LogP contribution < -0.4 is 4.74 Å². The SMILES string of the molecule is Cc1cccc(OCCN(C)CC(C)(CO)CO)c1. The fourth-order valence-electron chi connectivity index (χ4n) is 1.91. The largest absolute Gasteiger partial charge is 0.492 e. The molecule has 108 valence electrons. The third-order valence-corrected chi connectivity index (χ3v) is 3.15. The summed E-state index contributed by atoms with van der Waals surface area (Å²) < 4.78 is 5.67. The number of nitrogens with zero attached hydrogens (tertiary/aromatic N) is 1. The van der Waals surface area contributed by atoms with Crippen LogP contribution in [-0.4, -0.2) is 55.1 Å². The standard InChI is InChI=1S/C15H25NO3/c1-13-5-4-6-14(9-13)19-8-7-16(3)10-15(2,11-17)12-18/h4-6,9,17-18H,7-8,10-12H2,1-3H3. The van der Waals surface area contributed by atoms with E-state index in [-0.39, 0.29) is 13.2 Å². The molecule has 0 fully saturated rings. The first kappa shape index (κ1) is 16.0. The third-order valence-electron chi connectivity index (χ3n) is 3.15. The van der Waals surface area contributed by atoms with Crippen molar-refractivity contribution in [3.8, 4) is 5.75 Å². The van der Waals surface area contributed by atoms with Crippen LogP contribution in [-0.2, 0) is 0 Å². The summed E-state index contributed by atoms with van der Waals surface area (Å²) in [5.74, 6) is 0.875. The molecule has 0 spiro atoms. The van der Waals surface area contributed by atoms with Crippen molar-refractivity contribution in [3.05, 3.63) is 29.8 Å². The fourth-order valence-corrected chi connectivity index (χ4v) is 1.91. The maximum Gasteiger partial charge on any atom is 0.119 e. The molecule has 0 unspecified atom stereocenters. The molecule has 0 bridgehead atoms. The van der Waals surface area contributed by atoms with Gasteiger partial charge < -0.3 is 19.8 Å². The maximum atomic E-state index is 9.25. The second-order valence-electron chi connectivity index (χ2n) is 5.53. The molecule has 0 heterocycles. The number of ether oxygens (including phenoxy) is 1. The zero-order valence-corrected chi connectivity index (χ0v) is 12.1. The average molecular weight is 267 g/mol. The van der Waals surface area contributed by atoms with Crippen molar-refractivity contribution < 1.29 is 14.9 Å². The smallest absolute Gasteiger partial charge is 0.119 e. The molecule has 0 radical (unpaired) electrons. The molecule has 0 amide bonds. The number of benzene rings is 1. The van der Waals surface area contributed by atoms with Crippen molar-refractivity contribution in [3.63, 3.8) is 0 Å². The highest BCUT2D eigenvalue weighted by molar-refractivity contribution is 5.27. The Morgan fingerprint density at radius 2 is 1.95 bits per heavy atom. The number of hydrogen-bond donors (Lipinski definition) is 2. The Morgan fingerprint density at radius 3 is 2.53 bits per heavy atom. The minimum absolute atomic E-state index is 0.0213. The predicted molar refractivity (Wildman–Crippen MR) is 76.4 cm³/mol. The third kappa shape index (κ3) is 5.59. The minimum Gasteiger partial charge on any atom is -0.492 e. The predicted octanol–water partition coefficient (Wildman–Crippen LogP) is 1.30. The number of likely N-dealkylation sites (N-methyl/N-ethyl adjacent to an activating group) is 1. The topological polar surface area (TPSA) is 52.9 Å². The van der Waals surface area contributed by atoms with Crippen LogP contribution >= 0.6 is 0 Å². The first-order chi connectivity index (χ1) is 8.99. The van der Waals surface area contributed by atoms with E-state index in [0.717, 1.165) is 12.3 Å². The fraction of sp³-hybridized carbons (Fsp3) is 0.600. The zero-order chi connectivity index (χ0) is 14.3. The van der Waals surface area contributed by atoms with Crippen LogP contribution in [0.15, 0.2) is 24.3 Å². The van der Waals surface area contributed by atoms with Crippen LogP contribution in [0.3, 0.4) is 0 Å². The van der Waals surface area contributed by atoms with Crippen LogP contribution in [0.1, 0.15) is 12.5 Å². The summed E-state index contributed by atoms with van der Waals surface area (Å²) >= 11 is 0. The highest BCUT2D eigenvalue weighted by Crippen LogP contribution is 2.16. The lowest BCUT2D eigenvalue weighted by Crippen LogP contribution is -2.40. The lowest BCUT2D eigenvalue weighted by atomic mass is 9.92. The van der Waals surface area contributed by atoms with Gasteiger partial charge in [-0.3, -0.25) is 0 Å². The normalized spacial score (nSPS) is 11.9. The summed E-state index contributed by atoms with van der Waals surface area (Å²) in [5, 5.41) is 18.5. The van der Waals surface area contributed by atoms with Crippen molar-refractivity contribution in [1.29, 1.82) is 0 Å². The summed E-state index contributed by atoms with van der Waals surface area (Å²) in [6, 6.07) is 7.96. The molecule has 0 aliphatic carbocycles. The average Bonchev–Trinajstić information content (AvgIpc) is 2.38. The van der Waals surface area contributed by atoms with Crippen molar-refractivity contribution in [2.75, 3.05) is 40.0 Å². The number of hydrogen-bond acceptors (Lipinski definition) is 4. The van der Waals surface area contributed by atoms with Gasteiger partial charge in [0, 0.05) is 18.5 Å². The molecule has 2 N–H and O–H groups in total. The van der Waals surface area contributed by atoms with Gasteiger partial charge in [0.25, 0.3) is 0 Å². The Labute approximate surface area is 115 Å². The lowest BCUT2D eigenvalue weighted by molar-refractivity contribution is 0.0390. The summed E-state index contributed by atoms with van der Waals surface area (Å²) in [5.41, 5.74) is 0.719. The van der Waals surface area contributed by atoms with E-state index in [1.54, 1.807) is 0 Å². The summed E-state index contributed by atoms with van der Waals surface area (Å²) in [7, 11) is 1.96. The van der Waals surface area contributed by atoms with Crippen LogP contribution in [0.2, 0.25) is 0 Å². The van der Waals surface area contributed by atoms with E-state index in [2.05, 4.69) is 4.90 Å². The highest BCUT2D eigenvalue weighted by Gasteiger charge is 2.24. The van der Waals surface area contributed by atoms with Gasteiger partial charge in [-0.25, -0.2) is 0 Å². The molecule has 1 aromatic carbocycles. The quantitative estimate of drug-likeness (QED) is 0.745. The molecule has 19 heavy (non-hydrogen) atoms. The van der Waals surface area contributed by atoms with Crippen molar-refractivity contribution in [2.24, 2.45) is 5.41 Å². The minimum atomic E-state index is -0.460. The molecular formula is C15H25NO3. The van der Waals surface area contributed by atoms with Gasteiger partial charge in [-0.05, 0) is 31.7 Å². The molecule has 0 aromatic heterocycles. The molecular weight excluding hydrogens is 242 g/mol. The number of rotatable bonds is 8. The summed E-state index contributed by atoms with van der Waals surface area (Å²) in [4.78, 5) is 2.06. The Morgan fingerprint density at radius 1 is 1.26 bits per heavy atom. The van der Waals surface area contributed by atoms with E-state index in [1.165, 1.54) is 5.56 Å². The number of aliphatic hydroxyl groups excluding tert-OH is 2. The van der Waals surface area contributed by atoms with E-state index in [1.807, 2.05) is 45.2 Å². The van der Waals surface area contributed by atoms with E-state index < -0.39 is 5.41 Å². The molecule has 0 atom stereocenters. The second kappa shape index (κ2) is 7.48. The van der Waals surface area contributed by atoms with Gasteiger partial charge in [0.1, 0.15) is 12.4 Å². The van der Waals surface area contributed by atoms with Gasteiger partial charge in [-0.1, -0.05) is 19.1 Å². The lowest BCUT2D eigenvalue weighted by Gasteiger charge is -2.30. The van der Waals surface area contributed by atoms with Crippen molar-refractivity contribution in [2.45, 2.75) is 13.8 Å². The molecule has 1 aromatic rings. The molecule has 0 saturated carbocycles. The maximum absolute atomic E-state index is 9.25. The van der Waals surface area contributed by atoms with Crippen LogP contribution in [0.4, 0.5) is 0 Å². The molecule has 4 heteroatoms. The van der Waals surface area contributed by atoms with E-state index in [4.69, 9.17) is 4.74 Å². The molecule has 0 aliphatic heterocycles. The molecule has 4 nitrogen and oxygen atoms in total. The van der Waals surface area contributed by atoms with Gasteiger partial charge in [-0.15, -0.1) is 0 Å². The van der Waals surface area contributed by atoms with E-state index >= 15 is 0 Å². The van der Waals surface area contributed by atoms with Crippen LogP contribution in [0.5, 0.6) is 5.75 Å². The van der Waals surface area contributed by atoms with Gasteiger partial charge in [0.05, 0.1) is 13.2 Å². The number of aryl methyl sites for hydroxylation is 1. The van der Waals surface area contributed by atoms with Crippen LogP contribution in [0.25, 0.3) is 0 Å². The van der Waals surface area contributed by atoms with E-state index in [0.29, 0.717) is 13.2 Å². The van der Waals surface area contributed by atoms with Gasteiger partial charge >= 0.3 is 0 Å². The Hall–Kier alpha value is -1.10. The van der Waals surface area contributed by atoms with Crippen LogP contribution in [0, 0.1) is 12.3 Å². The molecule has 0 aliphatic rings. The summed E-state index contributed by atoms with van der Waals surface area (Å²) in [6.07, 6.45) is 0. The molecule has 1 rings (SSSR count). The first-order valence-electron chi connectivity index (χ1n) is 6.59. The monoisotopic (exact) mass is 267 g/mol. The van der Waals surface area contributed by atoms with Gasteiger partial charge in [0.15, 0.2) is 0 Å². The van der Waals surface area contributed by atoms with Crippen molar-refractivity contribution >= 4 is 0 Å². The highest BCUT2D eigenvalue weighted by atomic mass is 16.5. The van der Waals surface area contributed by atoms with E-state index in [9.17, 15) is 10.2 Å². The zero-order valence-electron chi connectivity index (χ0n) is 12.1. The second-order valence-corrected chi connectivity index (χ2v) is 5.53. The molecule has 0 saturated heterocycles. The van der Waals surface area contributed by atoms with Gasteiger partial charge in [-0.2, -0.15) is 0 Å². The summed E-state index contributed by atoms with van der Waals surface area (Å²) in [6.45, 7) is 5.84. The van der Waals surface area contributed by atoms with Gasteiger partial charge in [0.2, 0.25) is 0 Å². The number of aliphatic hydroxyl groups is 2. The Balaban J connectivity index is 2.33.